The van der Waals surface area contributed by atoms with E-state index in [0.717, 1.165) is 44.6 Å². The lowest BCUT2D eigenvalue weighted by molar-refractivity contribution is 0.202. The van der Waals surface area contributed by atoms with Crippen molar-refractivity contribution < 1.29 is 5.21 Å². The topological polar surface area (TPSA) is 74.7 Å². The summed E-state index contributed by atoms with van der Waals surface area (Å²) in [5, 5.41) is 11.8. The summed E-state index contributed by atoms with van der Waals surface area (Å²) in [6.45, 7) is 2.94. The van der Waals surface area contributed by atoms with Gasteiger partial charge in [0.05, 0.1) is 0 Å². The average molecular weight is 248 g/mol. The highest BCUT2D eigenvalue weighted by Crippen LogP contribution is 2.16. The molecule has 5 nitrogen and oxygen atoms in total. The number of hydrogen-bond acceptors (Lipinski definition) is 4. The van der Waals surface area contributed by atoms with Gasteiger partial charge < -0.3 is 15.8 Å². The first-order valence-corrected chi connectivity index (χ1v) is 6.39. The average Bonchev–Trinajstić information content (AvgIpc) is 2.45. The maximum absolute atomic E-state index is 8.72. The molecule has 18 heavy (non-hydrogen) atoms. The van der Waals surface area contributed by atoms with Crippen molar-refractivity contribution >= 4 is 5.84 Å². The van der Waals surface area contributed by atoms with Gasteiger partial charge in [-0.2, -0.15) is 0 Å². The highest BCUT2D eigenvalue weighted by atomic mass is 16.4. The van der Waals surface area contributed by atoms with Gasteiger partial charge in [-0.1, -0.05) is 11.2 Å². The standard InChI is InChI=1S/C13H20N4O/c14-13(16-18)11-4-3-8-17(10-11)9-6-12-5-1-2-7-15-12/h1-2,5,7,11,18H,3-4,6,8-10H2,(H2,14,16). The smallest absolute Gasteiger partial charge is 0.143 e. The van der Waals surface area contributed by atoms with Crippen LogP contribution in [-0.4, -0.2) is 40.6 Å². The van der Waals surface area contributed by atoms with Crippen LogP contribution in [0.15, 0.2) is 29.6 Å². The highest BCUT2D eigenvalue weighted by molar-refractivity contribution is 5.82. The number of likely N-dealkylation sites (tertiary alicyclic amines) is 1. The molecule has 98 valence electrons. The zero-order chi connectivity index (χ0) is 12.8. The lowest BCUT2D eigenvalue weighted by atomic mass is 9.97. The molecule has 0 aromatic carbocycles. The van der Waals surface area contributed by atoms with Crippen LogP contribution in [-0.2, 0) is 6.42 Å². The molecule has 2 rings (SSSR count). The zero-order valence-electron chi connectivity index (χ0n) is 10.5. The molecule has 1 aliphatic heterocycles. The van der Waals surface area contributed by atoms with Crippen LogP contribution < -0.4 is 5.73 Å². The van der Waals surface area contributed by atoms with Crippen LogP contribution in [0.3, 0.4) is 0 Å². The molecule has 2 heterocycles. The molecule has 0 spiro atoms. The minimum atomic E-state index is 0.187. The lowest BCUT2D eigenvalue weighted by Crippen LogP contribution is -2.42. The molecule has 1 unspecified atom stereocenters. The summed E-state index contributed by atoms with van der Waals surface area (Å²) in [5.41, 5.74) is 6.79. The van der Waals surface area contributed by atoms with E-state index in [2.05, 4.69) is 15.0 Å². The van der Waals surface area contributed by atoms with Gasteiger partial charge in [0.2, 0.25) is 0 Å². The lowest BCUT2D eigenvalue weighted by Gasteiger charge is -2.31. The highest BCUT2D eigenvalue weighted by Gasteiger charge is 2.22. The molecular formula is C13H20N4O. The van der Waals surface area contributed by atoms with Gasteiger partial charge in [0.25, 0.3) is 0 Å². The number of rotatable bonds is 4. The van der Waals surface area contributed by atoms with Gasteiger partial charge in [0.1, 0.15) is 5.84 Å². The van der Waals surface area contributed by atoms with Gasteiger partial charge in [-0.3, -0.25) is 4.98 Å². The third kappa shape index (κ3) is 3.43. The number of aromatic nitrogens is 1. The van der Waals surface area contributed by atoms with Crippen LogP contribution in [0.1, 0.15) is 18.5 Å². The number of piperidine rings is 1. The van der Waals surface area contributed by atoms with Crippen LogP contribution in [0, 0.1) is 5.92 Å². The Hall–Kier alpha value is -1.62. The quantitative estimate of drug-likeness (QED) is 0.362. The molecule has 0 amide bonds. The Labute approximate surface area is 107 Å². The number of amidine groups is 1. The Balaban J connectivity index is 1.83. The molecule has 1 saturated heterocycles. The number of oxime groups is 1. The molecule has 0 radical (unpaired) electrons. The predicted molar refractivity (Wildman–Crippen MR) is 70.5 cm³/mol. The van der Waals surface area contributed by atoms with E-state index < -0.39 is 0 Å². The fourth-order valence-electron chi connectivity index (χ4n) is 2.40. The molecule has 1 atom stereocenters. The Morgan fingerprint density at radius 1 is 1.56 bits per heavy atom. The molecule has 1 aliphatic rings. The molecule has 0 saturated carbocycles. The Morgan fingerprint density at radius 3 is 3.17 bits per heavy atom. The van der Waals surface area contributed by atoms with Crippen molar-refractivity contribution in [3.8, 4) is 0 Å². The van der Waals surface area contributed by atoms with E-state index in [9.17, 15) is 0 Å². The van der Waals surface area contributed by atoms with Crippen molar-refractivity contribution in [1.29, 1.82) is 0 Å². The van der Waals surface area contributed by atoms with E-state index in [1.165, 1.54) is 0 Å². The molecule has 0 aliphatic carbocycles. The van der Waals surface area contributed by atoms with E-state index >= 15 is 0 Å². The van der Waals surface area contributed by atoms with Gasteiger partial charge in [0, 0.05) is 37.3 Å². The van der Waals surface area contributed by atoms with Crippen molar-refractivity contribution in [2.45, 2.75) is 19.3 Å². The van der Waals surface area contributed by atoms with E-state index in [4.69, 9.17) is 10.9 Å². The van der Waals surface area contributed by atoms with Crippen LogP contribution in [0.2, 0.25) is 0 Å². The van der Waals surface area contributed by atoms with E-state index in [1.54, 1.807) is 0 Å². The summed E-state index contributed by atoms with van der Waals surface area (Å²) >= 11 is 0. The normalized spacial score (nSPS) is 22.0. The summed E-state index contributed by atoms with van der Waals surface area (Å²) in [5.74, 6) is 0.546. The van der Waals surface area contributed by atoms with Crippen molar-refractivity contribution in [3.05, 3.63) is 30.1 Å². The fraction of sp³-hybridized carbons (Fsp3) is 0.538. The second kappa shape index (κ2) is 6.35. The van der Waals surface area contributed by atoms with E-state index in [1.807, 2.05) is 24.4 Å². The third-order valence-electron chi connectivity index (χ3n) is 3.45. The first kappa shape index (κ1) is 12.8. The van der Waals surface area contributed by atoms with Crippen molar-refractivity contribution in [2.24, 2.45) is 16.8 Å². The molecule has 1 aromatic heterocycles. The summed E-state index contributed by atoms with van der Waals surface area (Å²) in [4.78, 5) is 6.68. The number of hydrogen-bond donors (Lipinski definition) is 2. The van der Waals surface area contributed by atoms with Gasteiger partial charge in [-0.15, -0.1) is 0 Å². The Kier molecular flexibility index (Phi) is 4.52. The molecule has 0 bridgehead atoms. The molecule has 3 N–H and O–H groups in total. The maximum Gasteiger partial charge on any atom is 0.143 e. The summed E-state index contributed by atoms with van der Waals surface area (Å²) in [6, 6.07) is 5.99. The van der Waals surface area contributed by atoms with Gasteiger partial charge in [-0.05, 0) is 31.5 Å². The first-order valence-electron chi connectivity index (χ1n) is 6.39. The Bertz CT molecular complexity index is 393. The van der Waals surface area contributed by atoms with Crippen molar-refractivity contribution in [3.63, 3.8) is 0 Å². The number of nitrogens with zero attached hydrogens (tertiary/aromatic N) is 3. The minimum Gasteiger partial charge on any atom is -0.409 e. The number of nitrogens with two attached hydrogens (primary N) is 1. The van der Waals surface area contributed by atoms with Crippen LogP contribution >= 0.6 is 0 Å². The SMILES string of the molecule is NC(=NO)C1CCCN(CCc2ccccn2)C1. The van der Waals surface area contributed by atoms with Crippen LogP contribution in [0.4, 0.5) is 0 Å². The Morgan fingerprint density at radius 2 is 2.44 bits per heavy atom. The summed E-state index contributed by atoms with van der Waals surface area (Å²) < 4.78 is 0. The maximum atomic E-state index is 8.72. The monoisotopic (exact) mass is 248 g/mol. The minimum absolute atomic E-state index is 0.187. The van der Waals surface area contributed by atoms with Crippen molar-refractivity contribution in [2.75, 3.05) is 19.6 Å². The van der Waals surface area contributed by atoms with Gasteiger partial charge in [0.15, 0.2) is 0 Å². The fourth-order valence-corrected chi connectivity index (χ4v) is 2.40. The largest absolute Gasteiger partial charge is 0.409 e. The van der Waals surface area contributed by atoms with E-state index in [-0.39, 0.29) is 5.92 Å². The van der Waals surface area contributed by atoms with Crippen LogP contribution in [0.5, 0.6) is 0 Å². The second-order valence-electron chi connectivity index (χ2n) is 4.74. The molecular weight excluding hydrogens is 228 g/mol. The predicted octanol–water partition coefficient (Wildman–Crippen LogP) is 1.08. The zero-order valence-corrected chi connectivity index (χ0v) is 10.5. The third-order valence-corrected chi connectivity index (χ3v) is 3.45. The van der Waals surface area contributed by atoms with Gasteiger partial charge >= 0.3 is 0 Å². The van der Waals surface area contributed by atoms with Crippen LogP contribution in [0.25, 0.3) is 0 Å². The van der Waals surface area contributed by atoms with E-state index in [0.29, 0.717) is 5.84 Å². The summed E-state index contributed by atoms with van der Waals surface area (Å²) in [6.07, 6.45) is 4.88. The molecule has 5 heteroatoms. The summed E-state index contributed by atoms with van der Waals surface area (Å²) in [7, 11) is 0. The first-order chi connectivity index (χ1) is 8.79. The molecule has 1 aromatic rings. The molecule has 1 fully saturated rings. The second-order valence-corrected chi connectivity index (χ2v) is 4.74. The van der Waals surface area contributed by atoms with Gasteiger partial charge in [-0.25, -0.2) is 0 Å². The number of pyridine rings is 1. The van der Waals surface area contributed by atoms with Crippen molar-refractivity contribution in [1.82, 2.24) is 9.88 Å².